The van der Waals surface area contributed by atoms with E-state index in [1.54, 1.807) is 36.4 Å². The smallest absolute Gasteiger partial charge is 0.462 e. The van der Waals surface area contributed by atoms with Gasteiger partial charge in [-0.1, -0.05) is 109 Å². The zero-order chi connectivity index (χ0) is 57.8. The van der Waals surface area contributed by atoms with Gasteiger partial charge in [0.15, 0.2) is 5.78 Å². The van der Waals surface area contributed by atoms with Crippen molar-refractivity contribution in [1.82, 2.24) is 10.6 Å². The SMILES string of the molecule is Cc1ccc(OC(=O)OCc2ccc(NC(=O)C(CCCNC(N)=O)CC(=O)C(NC(=O)CCOCCOCCOCCC(=O)OC3CCC4(C)C(=CCC5C4CCC4(C)C(C(C)CCCC(C)C)CCC54)C3)C(C)C)cc2)cc1. The molecule has 80 heavy (non-hydrogen) atoms. The molecule has 2 aromatic carbocycles. The van der Waals surface area contributed by atoms with Gasteiger partial charge in [0.05, 0.1) is 52.1 Å². The Labute approximate surface area is 476 Å². The molecule has 5 N–H and O–H groups in total. The predicted octanol–water partition coefficient (Wildman–Crippen LogP) is 11.6. The molecular weight excluding hydrogens is 1020 g/mol. The van der Waals surface area contributed by atoms with E-state index in [0.717, 1.165) is 60.3 Å². The van der Waals surface area contributed by atoms with E-state index in [1.165, 1.54) is 56.9 Å². The Morgan fingerprint density at radius 3 is 2.11 bits per heavy atom. The largest absolute Gasteiger partial charge is 0.514 e. The molecule has 0 heterocycles. The number of anilines is 1. The Morgan fingerprint density at radius 1 is 0.750 bits per heavy atom. The van der Waals surface area contributed by atoms with Crippen LogP contribution in [0.4, 0.5) is 15.3 Å². The average Bonchev–Trinajstić information content (AvgIpc) is 3.88. The number of fused-ring (bicyclic) bond motifs is 5. The monoisotopic (exact) mass is 1110 g/mol. The molecule has 0 aliphatic heterocycles. The van der Waals surface area contributed by atoms with E-state index < -0.39 is 30.1 Å². The minimum absolute atomic E-state index is 0.0187. The molecule has 3 saturated carbocycles. The molecule has 16 heteroatoms. The van der Waals surface area contributed by atoms with Crippen LogP contribution in [0, 0.1) is 65.1 Å². The highest BCUT2D eigenvalue weighted by atomic mass is 16.7. The summed E-state index contributed by atoms with van der Waals surface area (Å²) in [6, 6.07) is 12.2. The summed E-state index contributed by atoms with van der Waals surface area (Å²) in [6.07, 6.45) is 15.9. The number of esters is 1. The lowest BCUT2D eigenvalue weighted by atomic mass is 9.47. The summed E-state index contributed by atoms with van der Waals surface area (Å²) >= 11 is 0. The van der Waals surface area contributed by atoms with Gasteiger partial charge in [-0.2, -0.15) is 0 Å². The quantitative estimate of drug-likeness (QED) is 0.0233. The number of ketones is 1. The van der Waals surface area contributed by atoms with Crippen molar-refractivity contribution in [1.29, 1.82) is 0 Å². The van der Waals surface area contributed by atoms with Crippen LogP contribution >= 0.6 is 0 Å². The first-order valence-electron chi connectivity index (χ1n) is 30.0. The van der Waals surface area contributed by atoms with Gasteiger partial charge in [-0.15, -0.1) is 0 Å². The fourth-order valence-electron chi connectivity index (χ4n) is 13.8. The van der Waals surface area contributed by atoms with Crippen molar-refractivity contribution in [2.45, 2.75) is 177 Å². The third kappa shape index (κ3) is 18.9. The fourth-order valence-corrected chi connectivity index (χ4v) is 13.8. The minimum Gasteiger partial charge on any atom is -0.462 e. The highest BCUT2D eigenvalue weighted by Crippen LogP contribution is 2.67. The molecule has 10 unspecified atom stereocenters. The van der Waals surface area contributed by atoms with Crippen LogP contribution in [0.5, 0.6) is 5.75 Å². The van der Waals surface area contributed by atoms with Crippen LogP contribution < -0.4 is 26.4 Å². The molecule has 4 aliphatic carbocycles. The molecule has 0 saturated heterocycles. The Balaban J connectivity index is 0.823. The van der Waals surface area contributed by atoms with Gasteiger partial charge < -0.3 is 50.1 Å². The van der Waals surface area contributed by atoms with Crippen LogP contribution in [-0.4, -0.2) is 94.1 Å². The number of benzene rings is 2. The zero-order valence-electron chi connectivity index (χ0n) is 49.4. The molecular formula is C64H96N4O12. The van der Waals surface area contributed by atoms with Gasteiger partial charge in [0.1, 0.15) is 18.5 Å². The van der Waals surface area contributed by atoms with Gasteiger partial charge in [0.2, 0.25) is 11.8 Å². The first-order valence-corrected chi connectivity index (χ1v) is 30.0. The molecule has 0 radical (unpaired) electrons. The van der Waals surface area contributed by atoms with Crippen molar-refractivity contribution in [3.63, 3.8) is 0 Å². The summed E-state index contributed by atoms with van der Waals surface area (Å²) < 4.78 is 33.4. The van der Waals surface area contributed by atoms with Crippen molar-refractivity contribution >= 4 is 41.4 Å². The van der Waals surface area contributed by atoms with Crippen LogP contribution in [0.2, 0.25) is 0 Å². The number of aryl methyl sites for hydroxylation is 1. The lowest BCUT2D eigenvalue weighted by Crippen LogP contribution is -2.51. The molecule has 4 amide bonds. The summed E-state index contributed by atoms with van der Waals surface area (Å²) in [7, 11) is 0. The summed E-state index contributed by atoms with van der Waals surface area (Å²) in [6.45, 7) is 19.7. The molecule has 0 aromatic heterocycles. The van der Waals surface area contributed by atoms with E-state index in [-0.39, 0.29) is 93.8 Å². The van der Waals surface area contributed by atoms with Gasteiger partial charge >= 0.3 is 18.2 Å². The molecule has 0 spiro atoms. The second-order valence-corrected chi connectivity index (χ2v) is 24.7. The Morgan fingerprint density at radius 2 is 1.44 bits per heavy atom. The van der Waals surface area contributed by atoms with Crippen molar-refractivity contribution in [3.05, 3.63) is 71.3 Å². The minimum atomic E-state index is -0.850. The predicted molar refractivity (Wildman–Crippen MR) is 308 cm³/mol. The number of amides is 4. The third-order valence-corrected chi connectivity index (χ3v) is 18.2. The maximum atomic E-state index is 13.7. The summed E-state index contributed by atoms with van der Waals surface area (Å²) in [5.41, 5.74) is 9.59. The first kappa shape index (κ1) is 63.9. The van der Waals surface area contributed by atoms with Crippen LogP contribution in [0.1, 0.15) is 162 Å². The van der Waals surface area contributed by atoms with Crippen LogP contribution in [0.3, 0.4) is 0 Å². The molecule has 3 fully saturated rings. The fraction of sp³-hybridized carbons (Fsp3) is 0.688. The number of nitrogens with two attached hydrogens (primary N) is 1. The molecule has 6 rings (SSSR count). The van der Waals surface area contributed by atoms with Gasteiger partial charge in [-0.25, -0.2) is 9.59 Å². The molecule has 10 atom stereocenters. The van der Waals surface area contributed by atoms with Crippen molar-refractivity contribution in [2.24, 2.45) is 63.9 Å². The number of hydrogen-bond acceptors (Lipinski definition) is 12. The molecule has 16 nitrogen and oxygen atoms in total. The van der Waals surface area contributed by atoms with Gasteiger partial charge in [-0.05, 0) is 147 Å². The van der Waals surface area contributed by atoms with Gasteiger partial charge in [0.25, 0.3) is 0 Å². The van der Waals surface area contributed by atoms with E-state index in [2.05, 4.69) is 56.6 Å². The number of primary amides is 1. The van der Waals surface area contributed by atoms with Crippen LogP contribution in [0.15, 0.2) is 60.2 Å². The maximum absolute atomic E-state index is 13.7. The van der Waals surface area contributed by atoms with E-state index in [1.807, 2.05) is 32.9 Å². The third-order valence-electron chi connectivity index (χ3n) is 18.2. The second kappa shape index (κ2) is 31.2. The maximum Gasteiger partial charge on any atom is 0.514 e. The normalized spacial score (nSPS) is 24.3. The van der Waals surface area contributed by atoms with Gasteiger partial charge in [-0.3, -0.25) is 19.2 Å². The van der Waals surface area contributed by atoms with Crippen molar-refractivity contribution in [3.8, 4) is 5.75 Å². The average molecular weight is 1110 g/mol. The lowest BCUT2D eigenvalue weighted by molar-refractivity contribution is -0.153. The summed E-state index contributed by atoms with van der Waals surface area (Å²) in [4.78, 5) is 76.8. The number of Topliss-reactive ketones (excluding diaryl/α,β-unsaturated/α-hetero) is 1. The number of urea groups is 1. The zero-order valence-corrected chi connectivity index (χ0v) is 49.4. The van der Waals surface area contributed by atoms with Crippen molar-refractivity contribution < 1.29 is 57.2 Å². The first-order chi connectivity index (χ1) is 38.2. The number of rotatable bonds is 32. The Kier molecular flexibility index (Phi) is 24.9. The highest BCUT2D eigenvalue weighted by Gasteiger charge is 2.59. The highest BCUT2D eigenvalue weighted by molar-refractivity contribution is 5.97. The summed E-state index contributed by atoms with van der Waals surface area (Å²) in [5, 5.41) is 8.21. The number of ether oxygens (including phenoxy) is 6. The Hall–Kier alpha value is -5.32. The van der Waals surface area contributed by atoms with Crippen molar-refractivity contribution in [2.75, 3.05) is 51.5 Å². The van der Waals surface area contributed by atoms with E-state index in [0.29, 0.717) is 48.7 Å². The Bertz CT molecular complexity index is 2360. The molecule has 0 bridgehead atoms. The van der Waals surface area contributed by atoms with E-state index in [9.17, 15) is 28.8 Å². The molecule has 4 aliphatic rings. The second-order valence-electron chi connectivity index (χ2n) is 24.7. The van der Waals surface area contributed by atoms with Gasteiger partial charge in [0, 0.05) is 37.4 Å². The number of nitrogens with one attached hydrogen (secondary N) is 3. The van der Waals surface area contributed by atoms with Crippen LogP contribution in [0.25, 0.3) is 0 Å². The number of carbonyl (C=O) groups excluding carboxylic acids is 6. The van der Waals surface area contributed by atoms with E-state index >= 15 is 0 Å². The molecule has 2 aromatic rings. The lowest BCUT2D eigenvalue weighted by Gasteiger charge is -2.58. The van der Waals surface area contributed by atoms with Crippen LogP contribution in [-0.2, 0) is 49.5 Å². The number of allylic oxidation sites excluding steroid dienone is 1. The summed E-state index contributed by atoms with van der Waals surface area (Å²) in [5.74, 6) is 2.83. The van der Waals surface area contributed by atoms with E-state index in [4.69, 9.17) is 34.2 Å². The number of carbonyl (C=O) groups is 6. The number of hydrogen-bond donors (Lipinski definition) is 4. The topological polar surface area (TPSA) is 220 Å². The molecule has 444 valence electrons. The standard InChI is InChI=1S/C64H96N4O12/c1-42(2)11-9-12-45(6)53-24-25-54-52-23-18-48-40-51(26-30-63(48,7)55(52)27-31-64(53,54)8)79-58(71)29-34-76-36-38-77-37-35-75-33-28-57(70)68-59(43(3)4)56(69)39-47(13-10-32-66-61(65)73)60(72)67-49-19-16-46(17-20-49)41-78-62(74)80-50-21-14-44(5)15-22-50/h14-22,42-43,45,47,51-55,59H,9-13,23-41H2,1-8H3,(H,67,72)(H,68,70)(H3,65,66,73).